The number of fused-ring (bicyclic) bond motifs is 2. The number of likely N-dealkylation sites (tertiary alicyclic amines) is 1. The van der Waals surface area contributed by atoms with Crippen LogP contribution in [0.4, 0.5) is 0 Å². The van der Waals surface area contributed by atoms with Gasteiger partial charge in [-0.15, -0.1) is 0 Å². The molecule has 2 rings (SSSR count). The standard InChI is InChI=1S/C11H21N/c1-11(2,3)10-6-9-5-8(10)7-12(9)4/h8-10H,5-7H2,1-4H3. The first-order chi connectivity index (χ1) is 5.48. The van der Waals surface area contributed by atoms with Gasteiger partial charge >= 0.3 is 0 Å². The lowest BCUT2D eigenvalue weighted by molar-refractivity contribution is 0.119. The zero-order valence-corrected chi connectivity index (χ0v) is 8.80. The quantitative estimate of drug-likeness (QED) is 0.535. The van der Waals surface area contributed by atoms with Gasteiger partial charge in [0, 0.05) is 12.6 Å². The van der Waals surface area contributed by atoms with E-state index in [0.29, 0.717) is 5.41 Å². The van der Waals surface area contributed by atoms with E-state index in [1.807, 2.05) is 0 Å². The zero-order valence-electron chi connectivity index (χ0n) is 8.80. The van der Waals surface area contributed by atoms with Gasteiger partial charge in [-0.25, -0.2) is 0 Å². The van der Waals surface area contributed by atoms with Crippen LogP contribution in [0.3, 0.4) is 0 Å². The van der Waals surface area contributed by atoms with Gasteiger partial charge in [-0.05, 0) is 37.1 Å². The molecule has 1 aliphatic heterocycles. The Balaban J connectivity index is 2.08. The zero-order chi connectivity index (χ0) is 8.93. The van der Waals surface area contributed by atoms with Gasteiger partial charge in [0.25, 0.3) is 0 Å². The van der Waals surface area contributed by atoms with Gasteiger partial charge in [-0.3, -0.25) is 0 Å². The highest BCUT2D eigenvalue weighted by molar-refractivity contribution is 4.99. The maximum absolute atomic E-state index is 2.55. The van der Waals surface area contributed by atoms with Crippen LogP contribution in [0.15, 0.2) is 0 Å². The predicted octanol–water partition coefficient (Wildman–Crippen LogP) is 2.37. The highest BCUT2D eigenvalue weighted by Crippen LogP contribution is 2.48. The third-order valence-electron chi connectivity index (χ3n) is 3.93. The fourth-order valence-electron chi connectivity index (χ4n) is 3.24. The van der Waals surface area contributed by atoms with E-state index in [4.69, 9.17) is 0 Å². The molecule has 1 saturated carbocycles. The highest BCUT2D eigenvalue weighted by Gasteiger charge is 2.46. The normalized spacial score (nSPS) is 42.5. The average Bonchev–Trinajstić information content (AvgIpc) is 2.41. The molecular formula is C11H21N. The molecule has 70 valence electrons. The summed E-state index contributed by atoms with van der Waals surface area (Å²) in [5.74, 6) is 1.98. The molecule has 3 unspecified atom stereocenters. The second-order valence-electron chi connectivity index (χ2n) is 5.80. The van der Waals surface area contributed by atoms with Crippen LogP contribution in [0.1, 0.15) is 33.6 Å². The van der Waals surface area contributed by atoms with Crippen molar-refractivity contribution >= 4 is 0 Å². The third-order valence-corrected chi connectivity index (χ3v) is 3.93. The summed E-state index contributed by atoms with van der Waals surface area (Å²) in [7, 11) is 2.28. The van der Waals surface area contributed by atoms with Crippen molar-refractivity contribution in [2.45, 2.75) is 39.7 Å². The number of piperidine rings is 1. The molecule has 1 heterocycles. The fourth-order valence-corrected chi connectivity index (χ4v) is 3.24. The molecule has 0 aromatic carbocycles. The second kappa shape index (κ2) is 2.47. The fraction of sp³-hybridized carbons (Fsp3) is 1.00. The largest absolute Gasteiger partial charge is 0.303 e. The summed E-state index contributed by atoms with van der Waals surface area (Å²) in [6.45, 7) is 8.56. The molecule has 0 radical (unpaired) electrons. The molecule has 1 saturated heterocycles. The molecular weight excluding hydrogens is 146 g/mol. The Bertz CT molecular complexity index is 178. The van der Waals surface area contributed by atoms with E-state index >= 15 is 0 Å². The molecule has 0 spiro atoms. The predicted molar refractivity (Wildman–Crippen MR) is 52.1 cm³/mol. The molecule has 0 aromatic heterocycles. The molecule has 12 heavy (non-hydrogen) atoms. The Morgan fingerprint density at radius 3 is 2.17 bits per heavy atom. The third kappa shape index (κ3) is 1.19. The first-order valence-corrected chi connectivity index (χ1v) is 5.18. The molecule has 1 heteroatoms. The molecule has 2 fully saturated rings. The number of nitrogens with zero attached hydrogens (tertiary/aromatic N) is 1. The van der Waals surface area contributed by atoms with Crippen molar-refractivity contribution in [2.24, 2.45) is 17.3 Å². The van der Waals surface area contributed by atoms with Gasteiger partial charge < -0.3 is 4.90 Å². The van der Waals surface area contributed by atoms with Crippen LogP contribution in [0.25, 0.3) is 0 Å². The lowest BCUT2D eigenvalue weighted by Crippen LogP contribution is -2.36. The van der Waals surface area contributed by atoms with E-state index in [0.717, 1.165) is 17.9 Å². The van der Waals surface area contributed by atoms with Crippen LogP contribution >= 0.6 is 0 Å². The molecule has 3 atom stereocenters. The summed E-state index contributed by atoms with van der Waals surface area (Å²) >= 11 is 0. The van der Waals surface area contributed by atoms with Crippen LogP contribution < -0.4 is 0 Å². The summed E-state index contributed by atoms with van der Waals surface area (Å²) in [6, 6.07) is 0.916. The van der Waals surface area contributed by atoms with Crippen molar-refractivity contribution < 1.29 is 0 Å². The van der Waals surface area contributed by atoms with Crippen LogP contribution in [-0.2, 0) is 0 Å². The van der Waals surface area contributed by atoms with E-state index in [-0.39, 0.29) is 0 Å². The molecule has 0 amide bonds. The summed E-state index contributed by atoms with van der Waals surface area (Å²) in [5, 5.41) is 0. The van der Waals surface area contributed by atoms with Crippen molar-refractivity contribution in [2.75, 3.05) is 13.6 Å². The molecule has 1 nitrogen and oxygen atoms in total. The monoisotopic (exact) mass is 167 g/mol. The summed E-state index contributed by atoms with van der Waals surface area (Å²) in [4.78, 5) is 2.55. The number of rotatable bonds is 0. The van der Waals surface area contributed by atoms with E-state index < -0.39 is 0 Å². The van der Waals surface area contributed by atoms with Gasteiger partial charge in [0.05, 0.1) is 0 Å². The summed E-state index contributed by atoms with van der Waals surface area (Å²) in [6.07, 6.45) is 2.92. The maximum Gasteiger partial charge on any atom is 0.00984 e. The summed E-state index contributed by atoms with van der Waals surface area (Å²) in [5.41, 5.74) is 0.542. The SMILES string of the molecule is CN1CC2CC1CC2C(C)(C)C. The molecule has 0 N–H and O–H groups in total. The minimum Gasteiger partial charge on any atom is -0.303 e. The Morgan fingerprint density at radius 1 is 1.17 bits per heavy atom. The number of hydrogen-bond donors (Lipinski definition) is 0. The van der Waals surface area contributed by atoms with Gasteiger partial charge in [0.1, 0.15) is 0 Å². The van der Waals surface area contributed by atoms with Crippen molar-refractivity contribution in [1.29, 1.82) is 0 Å². The van der Waals surface area contributed by atoms with Crippen molar-refractivity contribution in [3.8, 4) is 0 Å². The Kier molecular flexibility index (Phi) is 1.76. The highest BCUT2D eigenvalue weighted by atomic mass is 15.2. The lowest BCUT2D eigenvalue weighted by atomic mass is 9.74. The topological polar surface area (TPSA) is 3.24 Å². The first kappa shape index (κ1) is 8.55. The van der Waals surface area contributed by atoms with Gasteiger partial charge in [-0.1, -0.05) is 20.8 Å². The Labute approximate surface area is 76.1 Å². The Hall–Kier alpha value is -0.0400. The minimum atomic E-state index is 0.542. The van der Waals surface area contributed by atoms with Crippen molar-refractivity contribution in [3.05, 3.63) is 0 Å². The number of hydrogen-bond acceptors (Lipinski definition) is 1. The van der Waals surface area contributed by atoms with E-state index in [2.05, 4.69) is 32.7 Å². The van der Waals surface area contributed by atoms with Gasteiger partial charge in [0.15, 0.2) is 0 Å². The van der Waals surface area contributed by atoms with Crippen LogP contribution in [0.2, 0.25) is 0 Å². The minimum absolute atomic E-state index is 0.542. The Morgan fingerprint density at radius 2 is 1.83 bits per heavy atom. The van der Waals surface area contributed by atoms with Crippen molar-refractivity contribution in [3.63, 3.8) is 0 Å². The van der Waals surface area contributed by atoms with Crippen LogP contribution in [-0.4, -0.2) is 24.5 Å². The van der Waals surface area contributed by atoms with Crippen molar-refractivity contribution in [1.82, 2.24) is 4.90 Å². The van der Waals surface area contributed by atoms with Gasteiger partial charge in [-0.2, -0.15) is 0 Å². The van der Waals surface area contributed by atoms with E-state index in [1.54, 1.807) is 0 Å². The van der Waals surface area contributed by atoms with Gasteiger partial charge in [0.2, 0.25) is 0 Å². The molecule has 2 aliphatic rings. The average molecular weight is 167 g/mol. The lowest BCUT2D eigenvalue weighted by Gasteiger charge is -2.37. The molecule has 2 bridgehead atoms. The first-order valence-electron chi connectivity index (χ1n) is 5.18. The molecule has 1 aliphatic carbocycles. The van der Waals surface area contributed by atoms with E-state index in [1.165, 1.54) is 19.4 Å². The second-order valence-corrected chi connectivity index (χ2v) is 5.80. The summed E-state index contributed by atoms with van der Waals surface area (Å²) < 4.78 is 0. The maximum atomic E-state index is 2.55. The van der Waals surface area contributed by atoms with E-state index in [9.17, 15) is 0 Å². The smallest absolute Gasteiger partial charge is 0.00984 e. The van der Waals surface area contributed by atoms with Crippen LogP contribution in [0.5, 0.6) is 0 Å². The van der Waals surface area contributed by atoms with Crippen LogP contribution in [0, 0.1) is 17.3 Å². The molecule has 0 aromatic rings.